The monoisotopic (exact) mass is 322 g/mol. The molecule has 2 aromatic heterocycles. The smallest absolute Gasteiger partial charge is 0.247 e. The highest BCUT2D eigenvalue weighted by Crippen LogP contribution is 2.20. The first kappa shape index (κ1) is 14.3. The van der Waals surface area contributed by atoms with Gasteiger partial charge in [-0.05, 0) is 18.2 Å². The first-order chi connectivity index (χ1) is 11.8. The van der Waals surface area contributed by atoms with Crippen molar-refractivity contribution in [1.82, 2.24) is 20.3 Å². The zero-order valence-corrected chi connectivity index (χ0v) is 12.4. The van der Waals surface area contributed by atoms with E-state index in [2.05, 4.69) is 20.3 Å². The highest BCUT2D eigenvalue weighted by atomic mass is 19.1. The van der Waals surface area contributed by atoms with E-state index < -0.39 is 0 Å². The number of halogens is 1. The van der Waals surface area contributed by atoms with Crippen molar-refractivity contribution in [2.24, 2.45) is 0 Å². The van der Waals surface area contributed by atoms with Gasteiger partial charge in [0.2, 0.25) is 23.5 Å². The van der Waals surface area contributed by atoms with Crippen molar-refractivity contribution >= 4 is 0 Å². The molecule has 7 heteroatoms. The number of benzene rings is 2. The highest BCUT2D eigenvalue weighted by Gasteiger charge is 2.14. The summed E-state index contributed by atoms with van der Waals surface area (Å²) in [7, 11) is 0. The van der Waals surface area contributed by atoms with Crippen molar-refractivity contribution in [3.63, 3.8) is 0 Å². The Hall–Kier alpha value is -3.35. The van der Waals surface area contributed by atoms with Crippen LogP contribution in [0.2, 0.25) is 0 Å². The molecule has 4 aromatic rings. The van der Waals surface area contributed by atoms with Crippen LogP contribution < -0.4 is 0 Å². The third kappa shape index (κ3) is 2.91. The molecule has 0 fully saturated rings. The maximum atomic E-state index is 13.2. The predicted octanol–water partition coefficient (Wildman–Crippen LogP) is 3.52. The van der Waals surface area contributed by atoms with Crippen molar-refractivity contribution in [2.45, 2.75) is 6.42 Å². The van der Waals surface area contributed by atoms with Crippen molar-refractivity contribution < 1.29 is 13.3 Å². The van der Waals surface area contributed by atoms with Crippen molar-refractivity contribution in [3.8, 4) is 22.8 Å². The summed E-state index contributed by atoms with van der Waals surface area (Å²) >= 11 is 0. The molecular formula is C17H11FN4O2. The average Bonchev–Trinajstić information content (AvgIpc) is 3.26. The van der Waals surface area contributed by atoms with Gasteiger partial charge in [0, 0.05) is 11.1 Å². The Morgan fingerprint density at radius 2 is 1.71 bits per heavy atom. The van der Waals surface area contributed by atoms with Crippen LogP contribution in [-0.4, -0.2) is 20.3 Å². The first-order valence-corrected chi connectivity index (χ1v) is 7.24. The van der Waals surface area contributed by atoms with Crippen molar-refractivity contribution in [1.29, 1.82) is 0 Å². The number of hydrogen-bond donors (Lipinski definition) is 0. The minimum absolute atomic E-state index is 0.210. The van der Waals surface area contributed by atoms with Crippen LogP contribution in [-0.2, 0) is 6.42 Å². The van der Waals surface area contributed by atoms with Gasteiger partial charge in [-0.1, -0.05) is 41.6 Å². The zero-order valence-electron chi connectivity index (χ0n) is 12.4. The zero-order chi connectivity index (χ0) is 16.4. The SMILES string of the molecule is Fc1cccc(-c2nnc(Cc3nc(-c4ccccc4)no3)o2)c1. The lowest BCUT2D eigenvalue weighted by Crippen LogP contribution is -1.88. The normalized spacial score (nSPS) is 10.9. The lowest BCUT2D eigenvalue weighted by atomic mass is 10.2. The van der Waals surface area contributed by atoms with Crippen LogP contribution in [0.3, 0.4) is 0 Å². The fourth-order valence-corrected chi connectivity index (χ4v) is 2.22. The van der Waals surface area contributed by atoms with Crippen LogP contribution in [0.4, 0.5) is 4.39 Å². The summed E-state index contributed by atoms with van der Waals surface area (Å²) < 4.78 is 24.0. The molecule has 0 spiro atoms. The van der Waals surface area contributed by atoms with Crippen molar-refractivity contribution in [2.75, 3.05) is 0 Å². The Kier molecular flexibility index (Phi) is 3.59. The minimum atomic E-state index is -0.364. The van der Waals surface area contributed by atoms with Gasteiger partial charge in [0.15, 0.2) is 0 Å². The molecule has 118 valence electrons. The van der Waals surface area contributed by atoms with E-state index in [0.29, 0.717) is 23.2 Å². The lowest BCUT2D eigenvalue weighted by Gasteiger charge is -1.93. The van der Waals surface area contributed by atoms with Gasteiger partial charge in [0.25, 0.3) is 0 Å². The van der Waals surface area contributed by atoms with Crippen LogP contribution in [0, 0.1) is 5.82 Å². The van der Waals surface area contributed by atoms with E-state index in [0.717, 1.165) is 5.56 Å². The summed E-state index contributed by atoms with van der Waals surface area (Å²) in [6.45, 7) is 0. The quantitative estimate of drug-likeness (QED) is 0.572. The summed E-state index contributed by atoms with van der Waals surface area (Å²) in [5, 5.41) is 11.8. The van der Waals surface area contributed by atoms with Crippen LogP contribution >= 0.6 is 0 Å². The molecule has 2 heterocycles. The fraction of sp³-hybridized carbons (Fsp3) is 0.0588. The second-order valence-electron chi connectivity index (χ2n) is 5.07. The Balaban J connectivity index is 1.54. The summed E-state index contributed by atoms with van der Waals surface area (Å²) in [5.74, 6) is 1.06. The van der Waals surface area contributed by atoms with E-state index in [1.807, 2.05) is 30.3 Å². The standard InChI is InChI=1S/C17H11FN4O2/c18-13-8-4-7-12(9-13)17-21-20-15(23-17)10-14-19-16(22-24-14)11-5-2-1-3-6-11/h1-9H,10H2. The Labute approximate surface area is 136 Å². The molecule has 0 amide bonds. The second kappa shape index (κ2) is 6.04. The number of aromatic nitrogens is 4. The van der Waals surface area contributed by atoms with Gasteiger partial charge in [0.05, 0.1) is 0 Å². The molecule has 0 aliphatic heterocycles. The van der Waals surface area contributed by atoms with E-state index in [-0.39, 0.29) is 18.1 Å². The van der Waals surface area contributed by atoms with E-state index in [9.17, 15) is 4.39 Å². The molecule has 0 saturated carbocycles. The molecule has 4 rings (SSSR count). The van der Waals surface area contributed by atoms with Gasteiger partial charge < -0.3 is 8.94 Å². The Morgan fingerprint density at radius 1 is 0.875 bits per heavy atom. The van der Waals surface area contributed by atoms with Gasteiger partial charge in [-0.25, -0.2) is 4.39 Å². The molecule has 0 bridgehead atoms. The molecule has 0 atom stereocenters. The van der Waals surface area contributed by atoms with Gasteiger partial charge in [0.1, 0.15) is 12.2 Å². The second-order valence-corrected chi connectivity index (χ2v) is 5.07. The molecule has 6 nitrogen and oxygen atoms in total. The average molecular weight is 322 g/mol. The van der Waals surface area contributed by atoms with Gasteiger partial charge >= 0.3 is 0 Å². The minimum Gasteiger partial charge on any atom is -0.420 e. The van der Waals surface area contributed by atoms with Crippen LogP contribution in [0.1, 0.15) is 11.8 Å². The van der Waals surface area contributed by atoms with Crippen LogP contribution in [0.15, 0.2) is 63.5 Å². The van der Waals surface area contributed by atoms with Crippen molar-refractivity contribution in [3.05, 3.63) is 72.2 Å². The van der Waals surface area contributed by atoms with Gasteiger partial charge in [-0.2, -0.15) is 4.98 Å². The topological polar surface area (TPSA) is 77.8 Å². The summed E-state index contributed by atoms with van der Waals surface area (Å²) in [6, 6.07) is 15.5. The molecule has 0 aliphatic rings. The van der Waals surface area contributed by atoms with E-state index in [1.165, 1.54) is 12.1 Å². The number of rotatable bonds is 4. The maximum absolute atomic E-state index is 13.2. The Bertz CT molecular complexity index is 965. The molecule has 0 radical (unpaired) electrons. The molecule has 2 aromatic carbocycles. The molecule has 0 saturated heterocycles. The maximum Gasteiger partial charge on any atom is 0.247 e. The van der Waals surface area contributed by atoms with E-state index in [1.54, 1.807) is 12.1 Å². The lowest BCUT2D eigenvalue weighted by molar-refractivity contribution is 0.374. The third-order valence-electron chi connectivity index (χ3n) is 3.34. The summed E-state index contributed by atoms with van der Waals surface area (Å²) in [6.07, 6.45) is 0.210. The number of nitrogens with zero attached hydrogens (tertiary/aromatic N) is 4. The summed E-state index contributed by atoms with van der Waals surface area (Å²) in [4.78, 5) is 4.31. The van der Waals surface area contributed by atoms with E-state index in [4.69, 9.17) is 8.94 Å². The van der Waals surface area contributed by atoms with Gasteiger partial charge in [-0.3, -0.25) is 0 Å². The molecule has 0 aliphatic carbocycles. The first-order valence-electron chi connectivity index (χ1n) is 7.24. The molecule has 0 N–H and O–H groups in total. The van der Waals surface area contributed by atoms with Gasteiger partial charge in [-0.15, -0.1) is 10.2 Å². The third-order valence-corrected chi connectivity index (χ3v) is 3.34. The molecule has 24 heavy (non-hydrogen) atoms. The molecular weight excluding hydrogens is 311 g/mol. The fourth-order valence-electron chi connectivity index (χ4n) is 2.22. The predicted molar refractivity (Wildman–Crippen MR) is 82.2 cm³/mol. The van der Waals surface area contributed by atoms with E-state index >= 15 is 0 Å². The van der Waals surface area contributed by atoms with Crippen LogP contribution in [0.25, 0.3) is 22.8 Å². The molecule has 0 unspecified atom stereocenters. The largest absolute Gasteiger partial charge is 0.420 e. The Morgan fingerprint density at radius 3 is 2.54 bits per heavy atom. The number of hydrogen-bond acceptors (Lipinski definition) is 6. The van der Waals surface area contributed by atoms with Crippen LogP contribution in [0.5, 0.6) is 0 Å². The highest BCUT2D eigenvalue weighted by molar-refractivity contribution is 5.54. The summed E-state index contributed by atoms with van der Waals surface area (Å²) in [5.41, 5.74) is 1.38.